The molecule has 0 aliphatic carbocycles. The third kappa shape index (κ3) is 7.14. The first-order chi connectivity index (χ1) is 4.91. The van der Waals surface area contributed by atoms with Crippen molar-refractivity contribution in [2.45, 2.75) is 0 Å². The van der Waals surface area contributed by atoms with Crippen LogP contribution in [-0.2, 0) is 0 Å². The van der Waals surface area contributed by atoms with E-state index in [-0.39, 0.29) is 13.2 Å². The summed E-state index contributed by atoms with van der Waals surface area (Å²) in [7, 11) is 0. The lowest BCUT2D eigenvalue weighted by molar-refractivity contribution is 0.342. The van der Waals surface area contributed by atoms with Gasteiger partial charge in [-0.05, 0) is 0 Å². The van der Waals surface area contributed by atoms with Crippen molar-refractivity contribution in [1.29, 1.82) is 0 Å². The second-order valence-electron chi connectivity index (χ2n) is 1.61. The van der Waals surface area contributed by atoms with Crippen LogP contribution in [0.4, 0.5) is 0 Å². The summed E-state index contributed by atoms with van der Waals surface area (Å²) in [5, 5.41) is 16.6. The van der Waals surface area contributed by atoms with Gasteiger partial charge in [0.25, 0.3) is 0 Å². The Morgan fingerprint density at radius 3 is 1.40 bits per heavy atom. The largest absolute Gasteiger partial charge is 0.392 e. The molecule has 0 saturated carbocycles. The molecular weight excluding hydrogens is 128 g/mol. The molecule has 0 aliphatic rings. The molecule has 0 aliphatic heterocycles. The maximum absolute atomic E-state index is 8.29. The second kappa shape index (κ2) is 8.14. The molecule has 0 aromatic heterocycles. The van der Waals surface area contributed by atoms with Gasteiger partial charge in [0, 0.05) is 0 Å². The van der Waals surface area contributed by atoms with Crippen LogP contribution < -0.4 is 0 Å². The SMILES string of the molecule is OC/C=C/C=C/C=C/CO. The van der Waals surface area contributed by atoms with Crippen molar-refractivity contribution in [2.75, 3.05) is 13.2 Å². The van der Waals surface area contributed by atoms with Crippen LogP contribution in [0.3, 0.4) is 0 Å². The van der Waals surface area contributed by atoms with E-state index in [0.29, 0.717) is 0 Å². The van der Waals surface area contributed by atoms with Crippen LogP contribution in [0.2, 0.25) is 0 Å². The summed E-state index contributed by atoms with van der Waals surface area (Å²) in [6.45, 7) is 0.127. The molecule has 0 saturated heterocycles. The number of allylic oxidation sites excluding steroid dienone is 4. The van der Waals surface area contributed by atoms with E-state index >= 15 is 0 Å². The molecule has 0 spiro atoms. The second-order valence-corrected chi connectivity index (χ2v) is 1.61. The first-order valence-corrected chi connectivity index (χ1v) is 3.12. The fourth-order valence-electron chi connectivity index (χ4n) is 0.407. The number of hydrogen-bond acceptors (Lipinski definition) is 2. The summed E-state index contributed by atoms with van der Waals surface area (Å²) in [5.74, 6) is 0. The molecule has 0 aromatic carbocycles. The van der Waals surface area contributed by atoms with Gasteiger partial charge in [-0.3, -0.25) is 0 Å². The van der Waals surface area contributed by atoms with E-state index in [4.69, 9.17) is 10.2 Å². The zero-order chi connectivity index (χ0) is 7.66. The molecule has 10 heavy (non-hydrogen) atoms. The summed E-state index contributed by atoms with van der Waals surface area (Å²) in [6.07, 6.45) is 10.3. The van der Waals surface area contributed by atoms with Gasteiger partial charge in [0.05, 0.1) is 13.2 Å². The van der Waals surface area contributed by atoms with E-state index in [1.54, 1.807) is 36.5 Å². The van der Waals surface area contributed by atoms with Gasteiger partial charge in [-0.15, -0.1) is 0 Å². The molecule has 0 rings (SSSR count). The quantitative estimate of drug-likeness (QED) is 0.562. The van der Waals surface area contributed by atoms with Gasteiger partial charge in [-0.1, -0.05) is 36.5 Å². The molecule has 0 heterocycles. The van der Waals surface area contributed by atoms with Crippen molar-refractivity contribution < 1.29 is 10.2 Å². The van der Waals surface area contributed by atoms with Crippen LogP contribution in [0.5, 0.6) is 0 Å². The lowest BCUT2D eigenvalue weighted by atomic mass is 10.4. The molecule has 0 aromatic rings. The Kier molecular flexibility index (Phi) is 7.44. The Bertz CT molecular complexity index is 118. The third-order valence-electron chi connectivity index (χ3n) is 0.816. The minimum Gasteiger partial charge on any atom is -0.392 e. The normalized spacial score (nSPS) is 12.6. The molecule has 2 heteroatoms. The Morgan fingerprint density at radius 1 is 0.700 bits per heavy atom. The molecule has 0 fully saturated rings. The van der Waals surface area contributed by atoms with Gasteiger partial charge >= 0.3 is 0 Å². The van der Waals surface area contributed by atoms with Crippen molar-refractivity contribution in [3.05, 3.63) is 36.5 Å². The number of hydrogen-bond donors (Lipinski definition) is 2. The van der Waals surface area contributed by atoms with Gasteiger partial charge in [0.1, 0.15) is 0 Å². The van der Waals surface area contributed by atoms with Gasteiger partial charge in [0.2, 0.25) is 0 Å². The molecule has 0 amide bonds. The predicted molar refractivity (Wildman–Crippen MR) is 41.6 cm³/mol. The average molecular weight is 140 g/mol. The van der Waals surface area contributed by atoms with E-state index in [1.165, 1.54) is 0 Å². The Morgan fingerprint density at radius 2 is 1.10 bits per heavy atom. The van der Waals surface area contributed by atoms with Crippen molar-refractivity contribution in [2.24, 2.45) is 0 Å². The van der Waals surface area contributed by atoms with Crippen molar-refractivity contribution in [1.82, 2.24) is 0 Å². The maximum Gasteiger partial charge on any atom is 0.0615 e. The zero-order valence-corrected chi connectivity index (χ0v) is 5.77. The van der Waals surface area contributed by atoms with Crippen molar-refractivity contribution in [3.8, 4) is 0 Å². The molecule has 2 N–H and O–H groups in total. The van der Waals surface area contributed by atoms with Crippen LogP contribution in [0.1, 0.15) is 0 Å². The summed E-state index contributed by atoms with van der Waals surface area (Å²) >= 11 is 0. The van der Waals surface area contributed by atoms with Crippen molar-refractivity contribution in [3.63, 3.8) is 0 Å². The van der Waals surface area contributed by atoms with E-state index in [2.05, 4.69) is 0 Å². The van der Waals surface area contributed by atoms with E-state index in [0.717, 1.165) is 0 Å². The number of aliphatic hydroxyl groups is 2. The molecular formula is C8H12O2. The Balaban J connectivity index is 3.37. The summed E-state index contributed by atoms with van der Waals surface area (Å²) in [4.78, 5) is 0. The van der Waals surface area contributed by atoms with Crippen molar-refractivity contribution >= 4 is 0 Å². The van der Waals surface area contributed by atoms with Crippen LogP contribution in [0.25, 0.3) is 0 Å². The average Bonchev–Trinajstić information content (AvgIpc) is 1.97. The molecule has 0 bridgehead atoms. The maximum atomic E-state index is 8.29. The Hall–Kier alpha value is -0.860. The standard InChI is InChI=1S/C8H12O2/c9-7-5-3-1-2-4-6-8-10/h1-6,9-10H,7-8H2/b2-1+,5-3+,6-4+. The van der Waals surface area contributed by atoms with Gasteiger partial charge in [-0.2, -0.15) is 0 Å². The smallest absolute Gasteiger partial charge is 0.0615 e. The molecule has 0 radical (unpaired) electrons. The molecule has 0 atom stereocenters. The fourth-order valence-corrected chi connectivity index (χ4v) is 0.407. The van der Waals surface area contributed by atoms with E-state index in [1.807, 2.05) is 0 Å². The molecule has 2 nitrogen and oxygen atoms in total. The zero-order valence-electron chi connectivity index (χ0n) is 5.77. The third-order valence-corrected chi connectivity index (χ3v) is 0.816. The predicted octanol–water partition coefficient (Wildman–Crippen LogP) is 0.640. The van der Waals surface area contributed by atoms with E-state index in [9.17, 15) is 0 Å². The van der Waals surface area contributed by atoms with Gasteiger partial charge < -0.3 is 10.2 Å². The summed E-state index contributed by atoms with van der Waals surface area (Å²) in [5.41, 5.74) is 0. The van der Waals surface area contributed by atoms with Crippen LogP contribution in [-0.4, -0.2) is 23.4 Å². The highest BCUT2D eigenvalue weighted by Gasteiger charge is 1.63. The minimum absolute atomic E-state index is 0.0635. The highest BCUT2D eigenvalue weighted by molar-refractivity contribution is 5.10. The van der Waals surface area contributed by atoms with E-state index < -0.39 is 0 Å². The number of aliphatic hydroxyl groups excluding tert-OH is 2. The van der Waals surface area contributed by atoms with Crippen LogP contribution in [0.15, 0.2) is 36.5 Å². The molecule has 0 unspecified atom stereocenters. The monoisotopic (exact) mass is 140 g/mol. The summed E-state index contributed by atoms with van der Waals surface area (Å²) < 4.78 is 0. The topological polar surface area (TPSA) is 40.5 Å². The minimum atomic E-state index is 0.0635. The lowest BCUT2D eigenvalue weighted by Crippen LogP contribution is -1.68. The first-order valence-electron chi connectivity index (χ1n) is 3.12. The highest BCUT2D eigenvalue weighted by Crippen LogP contribution is 1.78. The highest BCUT2D eigenvalue weighted by atomic mass is 16.3. The van der Waals surface area contributed by atoms with Gasteiger partial charge in [0.15, 0.2) is 0 Å². The first kappa shape index (κ1) is 9.14. The lowest BCUT2D eigenvalue weighted by Gasteiger charge is -1.75. The summed E-state index contributed by atoms with van der Waals surface area (Å²) in [6, 6.07) is 0. The van der Waals surface area contributed by atoms with Gasteiger partial charge in [-0.25, -0.2) is 0 Å². The fraction of sp³-hybridized carbons (Fsp3) is 0.250. The van der Waals surface area contributed by atoms with Crippen LogP contribution in [0, 0.1) is 0 Å². The molecule has 56 valence electrons. The Labute approximate surface area is 60.8 Å². The van der Waals surface area contributed by atoms with Crippen LogP contribution >= 0.6 is 0 Å². The number of rotatable bonds is 4.